The van der Waals surface area contributed by atoms with E-state index in [1.165, 1.54) is 38.5 Å². The van der Waals surface area contributed by atoms with Crippen LogP contribution in [0.1, 0.15) is 77.6 Å². The minimum atomic E-state index is -0.511. The van der Waals surface area contributed by atoms with Crippen LogP contribution in [0.5, 0.6) is 0 Å². The Morgan fingerprint density at radius 1 is 0.800 bits per heavy atom. The second-order valence-electron chi connectivity index (χ2n) is 4.96. The van der Waals surface area contributed by atoms with Gasteiger partial charge < -0.3 is 10.5 Å². The summed E-state index contributed by atoms with van der Waals surface area (Å²) >= 11 is 0. The summed E-state index contributed by atoms with van der Waals surface area (Å²) in [5.74, 6) is -0.926. The maximum Gasteiger partial charge on any atom is 0.314 e. The van der Waals surface area contributed by atoms with Crippen molar-refractivity contribution in [2.24, 2.45) is 5.73 Å². The van der Waals surface area contributed by atoms with E-state index in [-0.39, 0.29) is 42.5 Å². The van der Waals surface area contributed by atoms with E-state index in [4.69, 9.17) is 5.73 Å². The quantitative estimate of drug-likeness (QED) is 0.260. The first kappa shape index (κ1) is 22.4. The molecule has 1 radical (unpaired) electrons. The Morgan fingerprint density at radius 2 is 1.25 bits per heavy atom. The maximum atomic E-state index is 11.3. The molecule has 0 aliphatic rings. The van der Waals surface area contributed by atoms with Crippen molar-refractivity contribution in [3.05, 3.63) is 0 Å². The Morgan fingerprint density at radius 3 is 1.75 bits per heavy atom. The number of unbranched alkanes of at least 4 members (excludes halogenated alkanes) is 8. The van der Waals surface area contributed by atoms with Gasteiger partial charge in [-0.25, -0.2) is 0 Å². The van der Waals surface area contributed by atoms with Crippen molar-refractivity contribution in [3.8, 4) is 0 Å². The first-order chi connectivity index (χ1) is 9.20. The van der Waals surface area contributed by atoms with Crippen LogP contribution in [-0.2, 0) is 14.3 Å². The third kappa shape index (κ3) is 16.2. The van der Waals surface area contributed by atoms with E-state index in [9.17, 15) is 9.59 Å². The molecule has 0 aliphatic heterocycles. The number of rotatable bonds is 12. The van der Waals surface area contributed by atoms with Crippen LogP contribution >= 0.6 is 0 Å². The van der Waals surface area contributed by atoms with Crippen LogP contribution in [0.3, 0.4) is 0 Å². The monoisotopic (exact) mass is 294 g/mol. The van der Waals surface area contributed by atoms with Crippen LogP contribution in [0, 0.1) is 0 Å². The van der Waals surface area contributed by atoms with Gasteiger partial charge in [-0.3, -0.25) is 9.59 Å². The average molecular weight is 294 g/mol. The summed E-state index contributed by atoms with van der Waals surface area (Å²) in [6.45, 7) is 2.45. The molecule has 0 unspecified atom stereocenters. The predicted octanol–water partition coefficient (Wildman–Crippen LogP) is 2.95. The number of esters is 2. The molecule has 5 heteroatoms. The van der Waals surface area contributed by atoms with Gasteiger partial charge in [0.05, 0.1) is 6.42 Å². The molecule has 0 fully saturated rings. The Hall–Kier alpha value is 0.1000. The van der Waals surface area contributed by atoms with Gasteiger partial charge in [-0.15, -0.1) is 0 Å². The van der Waals surface area contributed by atoms with Gasteiger partial charge in [-0.2, -0.15) is 0 Å². The molecule has 0 heterocycles. The summed E-state index contributed by atoms with van der Waals surface area (Å²) in [5.41, 5.74) is 5.19. The van der Waals surface area contributed by atoms with Gasteiger partial charge >= 0.3 is 11.9 Å². The van der Waals surface area contributed by atoms with Gasteiger partial charge in [0.2, 0.25) is 0 Å². The standard InChI is InChI=1S/C15H29NO3.Na/c1-2-3-4-5-6-7-8-9-10-11-14(17)19-15(18)12-13-16;/h2-13,16H2,1H3;. The molecule has 2 N–H and O–H groups in total. The van der Waals surface area contributed by atoms with Crippen molar-refractivity contribution >= 4 is 41.5 Å². The Bertz CT molecular complexity index is 247. The van der Waals surface area contributed by atoms with Gasteiger partial charge in [0, 0.05) is 42.5 Å². The van der Waals surface area contributed by atoms with Gasteiger partial charge in [-0.05, 0) is 6.42 Å². The molecular weight excluding hydrogens is 265 g/mol. The molecule has 20 heavy (non-hydrogen) atoms. The van der Waals surface area contributed by atoms with E-state index in [0.29, 0.717) is 6.42 Å². The molecule has 113 valence electrons. The molecule has 0 atom stereocenters. The molecule has 0 aromatic carbocycles. The average Bonchev–Trinajstić information content (AvgIpc) is 2.37. The number of hydrogen-bond acceptors (Lipinski definition) is 4. The zero-order valence-electron chi connectivity index (χ0n) is 13.3. The Labute approximate surface area is 145 Å². The molecule has 4 nitrogen and oxygen atoms in total. The third-order valence-corrected chi connectivity index (χ3v) is 3.06. The summed E-state index contributed by atoms with van der Waals surface area (Å²) in [4.78, 5) is 22.2. The predicted molar refractivity (Wildman–Crippen MR) is 82.4 cm³/mol. The SMILES string of the molecule is CCCCCCCCCCCC(=O)OC(=O)CCN.[Na]. The minimum Gasteiger partial charge on any atom is -0.393 e. The fourth-order valence-electron chi connectivity index (χ4n) is 1.93. The van der Waals surface area contributed by atoms with Crippen LogP contribution in [0.25, 0.3) is 0 Å². The van der Waals surface area contributed by atoms with Crippen LogP contribution in [0.2, 0.25) is 0 Å². The van der Waals surface area contributed by atoms with Crippen molar-refractivity contribution in [1.29, 1.82) is 0 Å². The van der Waals surface area contributed by atoms with Crippen LogP contribution < -0.4 is 5.73 Å². The van der Waals surface area contributed by atoms with Crippen LogP contribution in [0.15, 0.2) is 0 Å². The van der Waals surface area contributed by atoms with Gasteiger partial charge in [0.25, 0.3) is 0 Å². The fourth-order valence-corrected chi connectivity index (χ4v) is 1.93. The minimum absolute atomic E-state index is 0. The van der Waals surface area contributed by atoms with Crippen molar-refractivity contribution in [2.45, 2.75) is 77.6 Å². The number of hydrogen-bond donors (Lipinski definition) is 1. The smallest absolute Gasteiger partial charge is 0.314 e. The fraction of sp³-hybridized carbons (Fsp3) is 0.867. The molecule has 0 saturated heterocycles. The first-order valence-electron chi connectivity index (χ1n) is 7.64. The number of carbonyl (C=O) groups excluding carboxylic acids is 2. The summed E-state index contributed by atoms with van der Waals surface area (Å²) in [7, 11) is 0. The molecule has 0 aromatic rings. The molecule has 0 rings (SSSR count). The van der Waals surface area contributed by atoms with Crippen molar-refractivity contribution in [1.82, 2.24) is 0 Å². The Kier molecular flexibility index (Phi) is 19.2. The first-order valence-corrected chi connectivity index (χ1v) is 7.64. The van der Waals surface area contributed by atoms with E-state index in [1.54, 1.807) is 0 Å². The van der Waals surface area contributed by atoms with Crippen LogP contribution in [0.4, 0.5) is 0 Å². The summed E-state index contributed by atoms with van der Waals surface area (Å²) in [6, 6.07) is 0. The van der Waals surface area contributed by atoms with Crippen molar-refractivity contribution in [3.63, 3.8) is 0 Å². The van der Waals surface area contributed by atoms with Gasteiger partial charge in [0.1, 0.15) is 0 Å². The summed E-state index contributed by atoms with van der Waals surface area (Å²) in [6.07, 6.45) is 11.3. The van der Waals surface area contributed by atoms with E-state index in [0.717, 1.165) is 19.3 Å². The maximum absolute atomic E-state index is 11.3. The second kappa shape index (κ2) is 17.2. The molecule has 0 amide bonds. The molecular formula is C15H29NNaO3. The van der Waals surface area contributed by atoms with E-state index in [1.807, 2.05) is 0 Å². The number of nitrogens with two attached hydrogens (primary N) is 1. The number of carbonyl (C=O) groups is 2. The van der Waals surface area contributed by atoms with E-state index >= 15 is 0 Å². The molecule has 0 saturated carbocycles. The largest absolute Gasteiger partial charge is 0.393 e. The summed E-state index contributed by atoms with van der Waals surface area (Å²) < 4.78 is 4.60. The van der Waals surface area contributed by atoms with E-state index < -0.39 is 11.9 Å². The Balaban J connectivity index is 0. The molecule has 0 spiro atoms. The summed E-state index contributed by atoms with van der Waals surface area (Å²) in [5, 5.41) is 0. The van der Waals surface area contributed by atoms with Gasteiger partial charge in [-0.1, -0.05) is 58.3 Å². The topological polar surface area (TPSA) is 69.4 Å². The van der Waals surface area contributed by atoms with Crippen LogP contribution in [-0.4, -0.2) is 48.0 Å². The zero-order chi connectivity index (χ0) is 14.3. The zero-order valence-corrected chi connectivity index (χ0v) is 15.3. The second-order valence-corrected chi connectivity index (χ2v) is 4.96. The molecule has 0 aromatic heterocycles. The van der Waals surface area contributed by atoms with Crippen molar-refractivity contribution in [2.75, 3.05) is 6.54 Å². The molecule has 0 aliphatic carbocycles. The van der Waals surface area contributed by atoms with Crippen molar-refractivity contribution < 1.29 is 14.3 Å². The van der Waals surface area contributed by atoms with Gasteiger partial charge in [0.15, 0.2) is 0 Å². The number of ether oxygens (including phenoxy) is 1. The molecule has 0 bridgehead atoms. The van der Waals surface area contributed by atoms with E-state index in [2.05, 4.69) is 11.7 Å². The third-order valence-electron chi connectivity index (χ3n) is 3.06. The normalized spacial score (nSPS) is 9.90.